The highest BCUT2D eigenvalue weighted by Crippen LogP contribution is 2.23. The summed E-state index contributed by atoms with van der Waals surface area (Å²) in [6, 6.07) is -0.391. The molecular formula is C9H16F3NO2. The van der Waals surface area contributed by atoms with Crippen LogP contribution >= 0.6 is 0 Å². The fraction of sp³-hybridized carbons (Fsp3) is 1.00. The molecule has 0 amide bonds. The zero-order chi connectivity index (χ0) is 11.5. The van der Waals surface area contributed by atoms with Gasteiger partial charge in [-0.3, -0.25) is 4.90 Å². The third-order valence-corrected chi connectivity index (χ3v) is 2.72. The van der Waals surface area contributed by atoms with Crippen LogP contribution in [-0.2, 0) is 0 Å². The molecule has 15 heavy (non-hydrogen) atoms. The first-order chi connectivity index (χ1) is 6.94. The minimum atomic E-state index is -4.12. The maximum absolute atomic E-state index is 11.9. The van der Waals surface area contributed by atoms with E-state index in [1.807, 2.05) is 0 Å². The van der Waals surface area contributed by atoms with Crippen molar-refractivity contribution in [3.63, 3.8) is 0 Å². The van der Waals surface area contributed by atoms with Gasteiger partial charge in [-0.2, -0.15) is 13.2 Å². The summed E-state index contributed by atoms with van der Waals surface area (Å²) in [5.41, 5.74) is 0. The second kappa shape index (κ2) is 5.14. The van der Waals surface area contributed by atoms with Crippen LogP contribution in [0.15, 0.2) is 0 Å². The van der Waals surface area contributed by atoms with E-state index < -0.39 is 24.7 Å². The van der Waals surface area contributed by atoms with E-state index in [2.05, 4.69) is 0 Å². The number of alkyl halides is 3. The molecule has 0 radical (unpaired) electrons. The van der Waals surface area contributed by atoms with E-state index in [1.165, 1.54) is 0 Å². The summed E-state index contributed by atoms with van der Waals surface area (Å²) in [5.74, 6) is 0. The minimum absolute atomic E-state index is 0.0206. The van der Waals surface area contributed by atoms with Gasteiger partial charge in [0.25, 0.3) is 0 Å². The van der Waals surface area contributed by atoms with E-state index in [0.29, 0.717) is 13.0 Å². The number of hydrogen-bond acceptors (Lipinski definition) is 3. The third-order valence-electron chi connectivity index (χ3n) is 2.72. The topological polar surface area (TPSA) is 43.7 Å². The third kappa shape index (κ3) is 3.96. The lowest BCUT2D eigenvalue weighted by molar-refractivity contribution is -0.136. The number of nitrogens with zero attached hydrogens (tertiary/aromatic N) is 1. The van der Waals surface area contributed by atoms with Gasteiger partial charge in [0.05, 0.1) is 18.8 Å². The number of aliphatic hydroxyl groups is 2. The molecule has 1 saturated heterocycles. The summed E-state index contributed by atoms with van der Waals surface area (Å²) < 4.78 is 35.6. The summed E-state index contributed by atoms with van der Waals surface area (Å²) in [6.07, 6.45) is -4.99. The highest BCUT2D eigenvalue weighted by molar-refractivity contribution is 4.86. The Bertz CT molecular complexity index is 198. The molecule has 0 saturated carbocycles. The van der Waals surface area contributed by atoms with Crippen LogP contribution in [0.4, 0.5) is 13.2 Å². The van der Waals surface area contributed by atoms with Crippen molar-refractivity contribution in [1.82, 2.24) is 4.90 Å². The molecule has 6 heteroatoms. The molecule has 1 fully saturated rings. The second-order valence-corrected chi connectivity index (χ2v) is 3.86. The molecule has 0 aliphatic carbocycles. The summed E-state index contributed by atoms with van der Waals surface area (Å²) in [7, 11) is 0. The Kier molecular flexibility index (Phi) is 4.36. The summed E-state index contributed by atoms with van der Waals surface area (Å²) in [6.45, 7) is 0.638. The van der Waals surface area contributed by atoms with Crippen LogP contribution in [0.1, 0.15) is 19.3 Å². The van der Waals surface area contributed by atoms with Gasteiger partial charge < -0.3 is 10.2 Å². The van der Waals surface area contributed by atoms with Crippen molar-refractivity contribution in [2.45, 2.75) is 37.6 Å². The Hall–Kier alpha value is -0.330. The molecular weight excluding hydrogens is 211 g/mol. The zero-order valence-electron chi connectivity index (χ0n) is 8.37. The predicted molar refractivity (Wildman–Crippen MR) is 48.4 cm³/mol. The number of hydrogen-bond donors (Lipinski definition) is 2. The molecule has 1 aliphatic heterocycles. The van der Waals surface area contributed by atoms with Crippen molar-refractivity contribution in [1.29, 1.82) is 0 Å². The van der Waals surface area contributed by atoms with Gasteiger partial charge in [0.2, 0.25) is 0 Å². The van der Waals surface area contributed by atoms with Crippen LogP contribution in [-0.4, -0.2) is 53.1 Å². The highest BCUT2D eigenvalue weighted by Gasteiger charge is 2.33. The van der Waals surface area contributed by atoms with Crippen LogP contribution < -0.4 is 0 Å². The minimum Gasteiger partial charge on any atom is -0.395 e. The van der Waals surface area contributed by atoms with Gasteiger partial charge in [-0.1, -0.05) is 0 Å². The van der Waals surface area contributed by atoms with Crippen LogP contribution in [0.5, 0.6) is 0 Å². The normalized spacial score (nSPS) is 28.6. The van der Waals surface area contributed by atoms with E-state index in [1.54, 1.807) is 4.90 Å². The molecule has 0 aromatic heterocycles. The highest BCUT2D eigenvalue weighted by atomic mass is 19.4. The molecule has 0 bridgehead atoms. The molecule has 2 atom stereocenters. The first kappa shape index (κ1) is 12.7. The predicted octanol–water partition coefficient (Wildman–Crippen LogP) is 0.756. The Labute approximate surface area is 86.5 Å². The quantitative estimate of drug-likeness (QED) is 0.745. The second-order valence-electron chi connectivity index (χ2n) is 3.86. The van der Waals surface area contributed by atoms with E-state index in [4.69, 9.17) is 5.11 Å². The van der Waals surface area contributed by atoms with Crippen molar-refractivity contribution in [3.05, 3.63) is 0 Å². The van der Waals surface area contributed by atoms with Crippen LogP contribution in [0.25, 0.3) is 0 Å². The van der Waals surface area contributed by atoms with Crippen molar-refractivity contribution < 1.29 is 23.4 Å². The van der Waals surface area contributed by atoms with Gasteiger partial charge in [-0.15, -0.1) is 0 Å². The molecule has 3 nitrogen and oxygen atoms in total. The van der Waals surface area contributed by atoms with E-state index >= 15 is 0 Å². The van der Waals surface area contributed by atoms with Crippen LogP contribution in [0.2, 0.25) is 0 Å². The maximum Gasteiger partial charge on any atom is 0.389 e. The van der Waals surface area contributed by atoms with Gasteiger partial charge in [-0.05, 0) is 19.4 Å². The smallest absolute Gasteiger partial charge is 0.389 e. The van der Waals surface area contributed by atoms with Crippen molar-refractivity contribution >= 4 is 0 Å². The Morgan fingerprint density at radius 2 is 2.00 bits per heavy atom. The first-order valence-electron chi connectivity index (χ1n) is 5.04. The average Bonchev–Trinajstić information content (AvgIpc) is 2.44. The van der Waals surface area contributed by atoms with Crippen molar-refractivity contribution in [2.24, 2.45) is 0 Å². The molecule has 2 N–H and O–H groups in total. The summed E-state index contributed by atoms with van der Waals surface area (Å²) in [5, 5.41) is 18.3. The van der Waals surface area contributed by atoms with Crippen LogP contribution in [0, 0.1) is 0 Å². The molecule has 1 heterocycles. The van der Waals surface area contributed by atoms with E-state index in [-0.39, 0.29) is 19.6 Å². The van der Waals surface area contributed by atoms with Gasteiger partial charge in [0.1, 0.15) is 0 Å². The lowest BCUT2D eigenvalue weighted by atomic mass is 10.2. The molecule has 1 rings (SSSR count). The lowest BCUT2D eigenvalue weighted by Crippen LogP contribution is -2.38. The fourth-order valence-corrected chi connectivity index (χ4v) is 1.90. The zero-order valence-corrected chi connectivity index (χ0v) is 8.37. The molecule has 0 aromatic carbocycles. The Balaban J connectivity index is 2.27. The van der Waals surface area contributed by atoms with E-state index in [9.17, 15) is 18.3 Å². The number of halogens is 3. The first-order valence-corrected chi connectivity index (χ1v) is 5.04. The molecule has 0 unspecified atom stereocenters. The van der Waals surface area contributed by atoms with Crippen molar-refractivity contribution in [3.8, 4) is 0 Å². The number of aliphatic hydroxyl groups excluding tert-OH is 2. The van der Waals surface area contributed by atoms with Gasteiger partial charge >= 0.3 is 6.18 Å². The summed E-state index contributed by atoms with van der Waals surface area (Å²) >= 11 is 0. The average molecular weight is 227 g/mol. The van der Waals surface area contributed by atoms with Gasteiger partial charge in [0.15, 0.2) is 0 Å². The standard InChI is InChI=1S/C9H16F3NO2/c10-9(11,12)3-1-4-13-5-2-8(15)7(13)6-14/h7-8,14-15H,1-6H2/t7-,8+/m0/s1. The van der Waals surface area contributed by atoms with Crippen LogP contribution in [0.3, 0.4) is 0 Å². The Morgan fingerprint density at radius 1 is 1.33 bits per heavy atom. The number of likely N-dealkylation sites (tertiary alicyclic amines) is 1. The van der Waals surface area contributed by atoms with E-state index in [0.717, 1.165) is 0 Å². The van der Waals surface area contributed by atoms with Gasteiger partial charge in [-0.25, -0.2) is 0 Å². The van der Waals surface area contributed by atoms with Crippen molar-refractivity contribution in [2.75, 3.05) is 19.7 Å². The maximum atomic E-state index is 11.9. The molecule has 90 valence electrons. The number of rotatable bonds is 4. The summed E-state index contributed by atoms with van der Waals surface area (Å²) in [4.78, 5) is 1.72. The molecule has 0 spiro atoms. The monoisotopic (exact) mass is 227 g/mol. The molecule has 1 aliphatic rings. The largest absolute Gasteiger partial charge is 0.395 e. The lowest BCUT2D eigenvalue weighted by Gasteiger charge is -2.24. The van der Waals surface area contributed by atoms with Gasteiger partial charge in [0, 0.05) is 13.0 Å². The molecule has 0 aromatic rings. The SMILES string of the molecule is OC[C@H]1[C@H](O)CCN1CCCC(F)(F)F. The Morgan fingerprint density at radius 3 is 2.53 bits per heavy atom. The fourth-order valence-electron chi connectivity index (χ4n) is 1.90.